The van der Waals surface area contributed by atoms with Crippen molar-refractivity contribution in [3.63, 3.8) is 0 Å². The summed E-state index contributed by atoms with van der Waals surface area (Å²) in [6, 6.07) is 4.04. The third kappa shape index (κ3) is 3.67. The van der Waals surface area contributed by atoms with Crippen molar-refractivity contribution in [2.75, 3.05) is 24.2 Å². The fourth-order valence-corrected chi connectivity index (χ4v) is 2.84. The Bertz CT molecular complexity index is 486. The molecule has 0 saturated carbocycles. The molecule has 0 spiro atoms. The third-order valence-electron chi connectivity index (χ3n) is 2.22. The number of aromatic nitrogens is 2. The Morgan fingerprint density at radius 1 is 1.29 bits per heavy atom. The van der Waals surface area contributed by atoms with E-state index in [2.05, 4.69) is 48.0 Å². The molecule has 0 amide bonds. The third-order valence-corrected chi connectivity index (χ3v) is 3.98. The number of hydrogen-bond acceptors (Lipinski definition) is 5. The highest BCUT2D eigenvalue weighted by molar-refractivity contribution is 9.10. The van der Waals surface area contributed by atoms with E-state index in [-0.39, 0.29) is 0 Å². The van der Waals surface area contributed by atoms with Crippen LogP contribution in [0.15, 0.2) is 28.3 Å². The summed E-state index contributed by atoms with van der Waals surface area (Å²) in [6.07, 6.45) is 2.55. The van der Waals surface area contributed by atoms with Crippen LogP contribution in [0, 0.1) is 0 Å². The Labute approximate surface area is 113 Å². The van der Waals surface area contributed by atoms with E-state index in [1.54, 1.807) is 17.7 Å². The second-order valence-electron chi connectivity index (χ2n) is 3.45. The zero-order chi connectivity index (χ0) is 12.1. The predicted molar refractivity (Wildman–Crippen MR) is 75.8 cm³/mol. The summed E-state index contributed by atoms with van der Waals surface area (Å²) in [6.45, 7) is 0.868. The van der Waals surface area contributed by atoms with E-state index < -0.39 is 0 Å². The predicted octanol–water partition coefficient (Wildman–Crippen LogP) is 3.00. The molecule has 2 aromatic rings. The van der Waals surface area contributed by atoms with Crippen LogP contribution >= 0.6 is 27.3 Å². The summed E-state index contributed by atoms with van der Waals surface area (Å²) >= 11 is 5.21. The fourth-order valence-electron chi connectivity index (χ4n) is 1.39. The highest BCUT2D eigenvalue weighted by Crippen LogP contribution is 2.20. The standard InChI is InChI=1S/C11H13BrN4S/c1-13-10-5-11(16-7-15-10)14-3-2-9-4-8(12)6-17-9/h4-7H,2-3H2,1H3,(H2,13,14,15,16). The largest absolute Gasteiger partial charge is 0.373 e. The Hall–Kier alpha value is -1.14. The van der Waals surface area contributed by atoms with Gasteiger partial charge in [0.05, 0.1) is 0 Å². The van der Waals surface area contributed by atoms with Gasteiger partial charge in [0.15, 0.2) is 0 Å². The van der Waals surface area contributed by atoms with Gasteiger partial charge in [0.2, 0.25) is 0 Å². The van der Waals surface area contributed by atoms with Crippen LogP contribution in [0.3, 0.4) is 0 Å². The molecule has 17 heavy (non-hydrogen) atoms. The fraction of sp³-hybridized carbons (Fsp3) is 0.273. The molecular weight excluding hydrogens is 300 g/mol. The molecule has 0 unspecified atom stereocenters. The minimum Gasteiger partial charge on any atom is -0.373 e. The monoisotopic (exact) mass is 312 g/mol. The molecule has 2 heterocycles. The second-order valence-corrected chi connectivity index (χ2v) is 5.36. The maximum Gasteiger partial charge on any atom is 0.131 e. The molecule has 4 nitrogen and oxygen atoms in total. The smallest absolute Gasteiger partial charge is 0.131 e. The van der Waals surface area contributed by atoms with Crippen molar-refractivity contribution in [1.29, 1.82) is 0 Å². The normalized spacial score (nSPS) is 10.2. The van der Waals surface area contributed by atoms with Gasteiger partial charge in [-0.15, -0.1) is 11.3 Å². The summed E-state index contributed by atoms with van der Waals surface area (Å²) in [5.74, 6) is 1.67. The number of thiophene rings is 1. The van der Waals surface area contributed by atoms with Crippen molar-refractivity contribution in [2.24, 2.45) is 0 Å². The number of anilines is 2. The molecule has 0 saturated heterocycles. The highest BCUT2D eigenvalue weighted by Gasteiger charge is 1.99. The second kappa shape index (κ2) is 5.97. The molecule has 6 heteroatoms. The minimum absolute atomic E-state index is 0.821. The van der Waals surface area contributed by atoms with Gasteiger partial charge >= 0.3 is 0 Å². The topological polar surface area (TPSA) is 49.8 Å². The Morgan fingerprint density at radius 3 is 2.82 bits per heavy atom. The molecule has 0 radical (unpaired) electrons. The Balaban J connectivity index is 1.85. The molecule has 0 fully saturated rings. The summed E-state index contributed by atoms with van der Waals surface area (Å²) < 4.78 is 1.15. The molecule has 0 aromatic carbocycles. The summed E-state index contributed by atoms with van der Waals surface area (Å²) in [5, 5.41) is 8.36. The maximum absolute atomic E-state index is 4.16. The van der Waals surface area contributed by atoms with E-state index in [4.69, 9.17) is 0 Å². The van der Waals surface area contributed by atoms with E-state index in [0.29, 0.717) is 0 Å². The quantitative estimate of drug-likeness (QED) is 0.891. The number of nitrogens with zero attached hydrogens (tertiary/aromatic N) is 2. The number of nitrogens with one attached hydrogen (secondary N) is 2. The van der Waals surface area contributed by atoms with Crippen LogP contribution in [-0.4, -0.2) is 23.6 Å². The van der Waals surface area contributed by atoms with Gasteiger partial charge in [-0.25, -0.2) is 9.97 Å². The van der Waals surface area contributed by atoms with E-state index >= 15 is 0 Å². The highest BCUT2D eigenvalue weighted by atomic mass is 79.9. The van der Waals surface area contributed by atoms with Crippen LogP contribution < -0.4 is 10.6 Å². The average molecular weight is 313 g/mol. The van der Waals surface area contributed by atoms with Crippen LogP contribution in [0.2, 0.25) is 0 Å². The number of rotatable bonds is 5. The lowest BCUT2D eigenvalue weighted by Gasteiger charge is -2.05. The lowest BCUT2D eigenvalue weighted by atomic mass is 10.3. The zero-order valence-corrected chi connectivity index (χ0v) is 11.8. The van der Waals surface area contributed by atoms with Crippen molar-refractivity contribution < 1.29 is 0 Å². The van der Waals surface area contributed by atoms with Crippen molar-refractivity contribution >= 4 is 38.9 Å². The first kappa shape index (κ1) is 12.3. The van der Waals surface area contributed by atoms with Crippen LogP contribution in [0.4, 0.5) is 11.6 Å². The number of hydrogen-bond donors (Lipinski definition) is 2. The maximum atomic E-state index is 4.16. The SMILES string of the molecule is CNc1cc(NCCc2cc(Br)cs2)ncn1. The van der Waals surface area contributed by atoms with Gasteiger partial charge in [-0.3, -0.25) is 0 Å². The van der Waals surface area contributed by atoms with Gasteiger partial charge in [-0.1, -0.05) is 0 Å². The molecule has 90 valence electrons. The first-order valence-electron chi connectivity index (χ1n) is 5.24. The van der Waals surface area contributed by atoms with E-state index in [9.17, 15) is 0 Å². The van der Waals surface area contributed by atoms with Crippen molar-refractivity contribution in [1.82, 2.24) is 9.97 Å². The molecule has 2 rings (SSSR count). The Kier molecular flexibility index (Phi) is 4.33. The lowest BCUT2D eigenvalue weighted by Crippen LogP contribution is -2.06. The van der Waals surface area contributed by atoms with Gasteiger partial charge < -0.3 is 10.6 Å². The molecular formula is C11H13BrN4S. The van der Waals surface area contributed by atoms with Gasteiger partial charge in [0.1, 0.15) is 18.0 Å². The van der Waals surface area contributed by atoms with Crippen LogP contribution in [0.25, 0.3) is 0 Å². The van der Waals surface area contributed by atoms with Gasteiger partial charge in [-0.05, 0) is 28.4 Å². The molecule has 2 aromatic heterocycles. The van der Waals surface area contributed by atoms with Gasteiger partial charge in [-0.2, -0.15) is 0 Å². The molecule has 0 atom stereocenters. The summed E-state index contributed by atoms with van der Waals surface area (Å²) in [4.78, 5) is 9.57. The molecule has 0 aliphatic carbocycles. The molecule has 0 aliphatic rings. The van der Waals surface area contributed by atoms with E-state index in [1.165, 1.54) is 4.88 Å². The van der Waals surface area contributed by atoms with Crippen LogP contribution in [0.1, 0.15) is 4.88 Å². The van der Waals surface area contributed by atoms with Crippen LogP contribution in [-0.2, 0) is 6.42 Å². The van der Waals surface area contributed by atoms with E-state index in [1.807, 2.05) is 13.1 Å². The first-order valence-corrected chi connectivity index (χ1v) is 6.92. The zero-order valence-electron chi connectivity index (χ0n) is 9.40. The molecule has 0 bridgehead atoms. The molecule has 0 aliphatic heterocycles. The first-order chi connectivity index (χ1) is 8.28. The van der Waals surface area contributed by atoms with Gasteiger partial charge in [0.25, 0.3) is 0 Å². The van der Waals surface area contributed by atoms with Crippen LogP contribution in [0.5, 0.6) is 0 Å². The minimum atomic E-state index is 0.821. The van der Waals surface area contributed by atoms with Crippen molar-refractivity contribution in [3.8, 4) is 0 Å². The van der Waals surface area contributed by atoms with Gasteiger partial charge in [0, 0.05) is 34.4 Å². The van der Waals surface area contributed by atoms with Crippen molar-refractivity contribution in [3.05, 3.63) is 33.2 Å². The number of halogens is 1. The summed E-state index contributed by atoms with van der Waals surface area (Å²) in [7, 11) is 1.84. The van der Waals surface area contributed by atoms with E-state index in [0.717, 1.165) is 29.1 Å². The Morgan fingerprint density at radius 2 is 2.12 bits per heavy atom. The van der Waals surface area contributed by atoms with Crippen molar-refractivity contribution in [2.45, 2.75) is 6.42 Å². The average Bonchev–Trinajstić information content (AvgIpc) is 2.75. The lowest BCUT2D eigenvalue weighted by molar-refractivity contribution is 1.02. The summed E-state index contributed by atoms with van der Waals surface area (Å²) in [5.41, 5.74) is 0. The molecule has 2 N–H and O–H groups in total.